The molecule has 92 valence electrons. The van der Waals surface area contributed by atoms with E-state index in [1.165, 1.54) is 49.9 Å². The molecule has 0 N–H and O–H groups in total. The lowest BCUT2D eigenvalue weighted by molar-refractivity contribution is -0.928. The van der Waals surface area contributed by atoms with Gasteiger partial charge in [0.2, 0.25) is 0 Å². The van der Waals surface area contributed by atoms with Crippen molar-refractivity contribution in [3.05, 3.63) is 0 Å². The molecule has 0 aromatic rings. The fourth-order valence-corrected chi connectivity index (χ4v) is 2.50. The van der Waals surface area contributed by atoms with E-state index in [2.05, 4.69) is 27.7 Å². The van der Waals surface area contributed by atoms with Crippen molar-refractivity contribution in [1.82, 2.24) is 0 Å². The summed E-state index contributed by atoms with van der Waals surface area (Å²) in [7, 11) is 0. The molecular weight excluding hydrogens is 186 g/mol. The van der Waals surface area contributed by atoms with Crippen molar-refractivity contribution in [2.24, 2.45) is 0 Å². The summed E-state index contributed by atoms with van der Waals surface area (Å²) in [6.45, 7) is 15.9. The molecule has 15 heavy (non-hydrogen) atoms. The molecule has 0 saturated heterocycles. The number of quaternary nitrogens is 1. The molecule has 2 heteroatoms. The first-order valence-electron chi connectivity index (χ1n) is 6.67. The summed E-state index contributed by atoms with van der Waals surface area (Å²) in [5.41, 5.74) is 0. The van der Waals surface area contributed by atoms with Crippen molar-refractivity contribution < 1.29 is 9.22 Å². The van der Waals surface area contributed by atoms with Crippen LogP contribution in [0.5, 0.6) is 0 Å². The lowest BCUT2D eigenvalue weighted by Crippen LogP contribution is -2.51. The van der Waals surface area contributed by atoms with Crippen LogP contribution in [-0.2, 0) is 4.74 Å². The fourth-order valence-electron chi connectivity index (χ4n) is 2.50. The molecule has 0 amide bonds. The zero-order valence-corrected chi connectivity index (χ0v) is 11.2. The highest BCUT2D eigenvalue weighted by atomic mass is 16.5. The monoisotopic (exact) mass is 216 g/mol. The first-order valence-corrected chi connectivity index (χ1v) is 6.67. The van der Waals surface area contributed by atoms with Gasteiger partial charge >= 0.3 is 0 Å². The smallest absolute Gasteiger partial charge is 0.102 e. The molecule has 0 aliphatic carbocycles. The van der Waals surface area contributed by atoms with Gasteiger partial charge in [0.15, 0.2) is 0 Å². The number of rotatable bonds is 10. The van der Waals surface area contributed by atoms with Gasteiger partial charge in [0.25, 0.3) is 0 Å². The maximum Gasteiger partial charge on any atom is 0.102 e. The van der Waals surface area contributed by atoms with Crippen LogP contribution in [0.25, 0.3) is 0 Å². The van der Waals surface area contributed by atoms with E-state index in [4.69, 9.17) is 4.74 Å². The van der Waals surface area contributed by atoms with Gasteiger partial charge in [-0.25, -0.2) is 0 Å². The lowest BCUT2D eigenvalue weighted by atomic mass is 10.2. The predicted molar refractivity (Wildman–Crippen MR) is 67.1 cm³/mol. The zero-order valence-electron chi connectivity index (χ0n) is 11.2. The minimum absolute atomic E-state index is 0.852. The fraction of sp³-hybridized carbons (Fsp3) is 1.00. The van der Waals surface area contributed by atoms with E-state index < -0.39 is 0 Å². The number of hydrogen-bond acceptors (Lipinski definition) is 1. The second-order valence-corrected chi connectivity index (χ2v) is 4.43. The van der Waals surface area contributed by atoms with Crippen molar-refractivity contribution in [2.45, 2.75) is 47.0 Å². The molecule has 0 heterocycles. The lowest BCUT2D eigenvalue weighted by Gasteiger charge is -2.38. The van der Waals surface area contributed by atoms with Crippen LogP contribution < -0.4 is 0 Å². The summed E-state index contributed by atoms with van der Waals surface area (Å²) >= 11 is 0. The Morgan fingerprint density at radius 3 is 1.53 bits per heavy atom. The molecule has 0 spiro atoms. The van der Waals surface area contributed by atoms with Crippen molar-refractivity contribution in [1.29, 1.82) is 0 Å². The van der Waals surface area contributed by atoms with Crippen LogP contribution in [0, 0.1) is 0 Å². The Hall–Kier alpha value is -0.0800. The van der Waals surface area contributed by atoms with Gasteiger partial charge < -0.3 is 9.22 Å². The summed E-state index contributed by atoms with van der Waals surface area (Å²) < 4.78 is 6.78. The van der Waals surface area contributed by atoms with Crippen LogP contribution in [0.15, 0.2) is 0 Å². The van der Waals surface area contributed by atoms with E-state index in [0.29, 0.717) is 0 Å². The van der Waals surface area contributed by atoms with Gasteiger partial charge in [0.05, 0.1) is 26.2 Å². The van der Waals surface area contributed by atoms with Gasteiger partial charge in [-0.2, -0.15) is 0 Å². The third kappa shape index (κ3) is 6.16. The van der Waals surface area contributed by atoms with Gasteiger partial charge in [-0.3, -0.25) is 0 Å². The molecule has 0 aromatic carbocycles. The summed E-state index contributed by atoms with van der Waals surface area (Å²) in [5, 5.41) is 0. The van der Waals surface area contributed by atoms with Gasteiger partial charge in [-0.15, -0.1) is 0 Å². The Kier molecular flexibility index (Phi) is 9.12. The van der Waals surface area contributed by atoms with Crippen LogP contribution in [0.4, 0.5) is 0 Å². The Morgan fingerprint density at radius 1 is 0.733 bits per heavy atom. The van der Waals surface area contributed by atoms with E-state index >= 15 is 0 Å². The quantitative estimate of drug-likeness (QED) is 0.403. The van der Waals surface area contributed by atoms with E-state index in [1.807, 2.05) is 0 Å². The minimum atomic E-state index is 0.852. The summed E-state index contributed by atoms with van der Waals surface area (Å²) in [4.78, 5) is 0. The maximum atomic E-state index is 5.51. The SMILES string of the molecule is CCC[N+](CCC)(CCC)CCOCC. The molecule has 0 aliphatic heterocycles. The number of ether oxygens (including phenoxy) is 1. The predicted octanol–water partition coefficient (Wildman–Crippen LogP) is 3.07. The van der Waals surface area contributed by atoms with Crippen molar-refractivity contribution in [3.63, 3.8) is 0 Å². The second-order valence-electron chi connectivity index (χ2n) is 4.43. The summed E-state index contributed by atoms with van der Waals surface area (Å²) in [5.74, 6) is 0. The molecule has 0 saturated carbocycles. The van der Waals surface area contributed by atoms with Crippen LogP contribution in [-0.4, -0.2) is 43.9 Å². The van der Waals surface area contributed by atoms with Gasteiger partial charge in [-0.1, -0.05) is 20.8 Å². The molecule has 0 unspecified atom stereocenters. The zero-order chi connectivity index (χ0) is 11.6. The van der Waals surface area contributed by atoms with Gasteiger partial charge in [0.1, 0.15) is 6.54 Å². The average molecular weight is 216 g/mol. The molecule has 0 fully saturated rings. The molecular formula is C13H30NO+. The van der Waals surface area contributed by atoms with E-state index in [0.717, 1.165) is 13.2 Å². The summed E-state index contributed by atoms with van der Waals surface area (Å²) in [6, 6.07) is 0. The first kappa shape index (κ1) is 14.9. The third-order valence-corrected chi connectivity index (χ3v) is 3.01. The first-order chi connectivity index (χ1) is 7.24. The third-order valence-electron chi connectivity index (χ3n) is 3.01. The molecule has 0 aromatic heterocycles. The molecule has 0 atom stereocenters. The Bertz CT molecular complexity index is 119. The largest absolute Gasteiger partial charge is 0.376 e. The number of nitrogens with zero attached hydrogens (tertiary/aromatic N) is 1. The normalized spacial score (nSPS) is 12.0. The molecule has 2 nitrogen and oxygen atoms in total. The Balaban J connectivity index is 4.18. The standard InChI is InChI=1S/C13H30NO/c1-5-9-14(10-6-2,11-7-3)12-13-15-8-4/h5-13H2,1-4H3/q+1. The molecule has 0 bridgehead atoms. The van der Waals surface area contributed by atoms with Crippen LogP contribution >= 0.6 is 0 Å². The molecule has 0 radical (unpaired) electrons. The van der Waals surface area contributed by atoms with Crippen LogP contribution in [0.1, 0.15) is 47.0 Å². The highest BCUT2D eigenvalue weighted by Gasteiger charge is 2.23. The Morgan fingerprint density at radius 2 is 1.20 bits per heavy atom. The van der Waals surface area contributed by atoms with Crippen molar-refractivity contribution in [2.75, 3.05) is 39.4 Å². The van der Waals surface area contributed by atoms with Crippen LogP contribution in [0.3, 0.4) is 0 Å². The van der Waals surface area contributed by atoms with E-state index in [9.17, 15) is 0 Å². The average Bonchev–Trinajstić information content (AvgIpc) is 2.19. The minimum Gasteiger partial charge on any atom is -0.376 e. The van der Waals surface area contributed by atoms with Crippen molar-refractivity contribution in [3.8, 4) is 0 Å². The Labute approximate surface area is 96.2 Å². The topological polar surface area (TPSA) is 9.23 Å². The van der Waals surface area contributed by atoms with Crippen LogP contribution in [0.2, 0.25) is 0 Å². The highest BCUT2D eigenvalue weighted by molar-refractivity contribution is 4.45. The maximum absolute atomic E-state index is 5.51. The second kappa shape index (κ2) is 9.17. The molecule has 0 rings (SSSR count). The number of hydrogen-bond donors (Lipinski definition) is 0. The summed E-state index contributed by atoms with van der Waals surface area (Å²) in [6.07, 6.45) is 3.85. The van der Waals surface area contributed by atoms with Gasteiger partial charge in [0, 0.05) is 6.61 Å². The molecule has 0 aliphatic rings. The van der Waals surface area contributed by atoms with Gasteiger partial charge in [-0.05, 0) is 26.2 Å². The highest BCUT2D eigenvalue weighted by Crippen LogP contribution is 2.11. The van der Waals surface area contributed by atoms with Crippen molar-refractivity contribution >= 4 is 0 Å². The van der Waals surface area contributed by atoms with E-state index in [-0.39, 0.29) is 0 Å². The van der Waals surface area contributed by atoms with E-state index in [1.54, 1.807) is 0 Å².